The van der Waals surface area contributed by atoms with Gasteiger partial charge in [0.25, 0.3) is 6.01 Å². The molecule has 0 spiro atoms. The largest absolute Gasteiger partial charge is 0.423 e. The van der Waals surface area contributed by atoms with Crippen LogP contribution in [0.25, 0.3) is 11.1 Å². The van der Waals surface area contributed by atoms with Crippen molar-refractivity contribution >= 4 is 28.7 Å². The molecule has 2 aromatic heterocycles. The number of halogens is 1. The van der Waals surface area contributed by atoms with Crippen LogP contribution in [0.2, 0.25) is 5.02 Å². The van der Waals surface area contributed by atoms with Gasteiger partial charge in [0.15, 0.2) is 5.58 Å². The van der Waals surface area contributed by atoms with Gasteiger partial charge in [-0.2, -0.15) is 10.1 Å². The molecular weight excluding hydrogens is 366 g/mol. The molecule has 0 saturated carbocycles. The Morgan fingerprint density at radius 3 is 3.07 bits per heavy atom. The highest BCUT2D eigenvalue weighted by Crippen LogP contribution is 2.29. The minimum atomic E-state index is 0.488. The van der Waals surface area contributed by atoms with E-state index in [-0.39, 0.29) is 0 Å². The smallest absolute Gasteiger partial charge is 0.298 e. The lowest BCUT2D eigenvalue weighted by molar-refractivity contribution is 0.181. The number of piperidine rings is 1. The SMILES string of the molecule is COCCn1nc(C)nc1CC1CCCN(c2nc3ccc(Cl)cc3o2)C1. The Labute approximate surface area is 163 Å². The van der Waals surface area contributed by atoms with Gasteiger partial charge in [-0.05, 0) is 37.8 Å². The summed E-state index contributed by atoms with van der Waals surface area (Å²) in [6, 6.07) is 6.22. The Morgan fingerprint density at radius 1 is 1.33 bits per heavy atom. The molecular formula is C19H24ClN5O2. The number of aryl methyl sites for hydroxylation is 1. The second-order valence-electron chi connectivity index (χ2n) is 7.06. The highest BCUT2D eigenvalue weighted by atomic mass is 35.5. The number of fused-ring (bicyclic) bond motifs is 1. The molecule has 0 aliphatic carbocycles. The third-order valence-electron chi connectivity index (χ3n) is 4.96. The molecule has 1 aliphatic heterocycles. The summed E-state index contributed by atoms with van der Waals surface area (Å²) < 4.78 is 13.1. The molecule has 0 radical (unpaired) electrons. The van der Waals surface area contributed by atoms with Gasteiger partial charge in [-0.1, -0.05) is 11.6 Å². The van der Waals surface area contributed by atoms with Crippen LogP contribution in [0.4, 0.5) is 6.01 Å². The number of hydrogen-bond acceptors (Lipinski definition) is 6. The molecule has 1 atom stereocenters. The molecule has 0 amide bonds. The normalized spacial score (nSPS) is 17.7. The summed E-state index contributed by atoms with van der Waals surface area (Å²) in [6.45, 7) is 5.15. The average molecular weight is 390 g/mol. The highest BCUT2D eigenvalue weighted by Gasteiger charge is 2.25. The van der Waals surface area contributed by atoms with E-state index >= 15 is 0 Å². The first-order valence-corrected chi connectivity index (χ1v) is 9.70. The van der Waals surface area contributed by atoms with Crippen LogP contribution >= 0.6 is 11.6 Å². The van der Waals surface area contributed by atoms with E-state index in [1.807, 2.05) is 29.8 Å². The summed E-state index contributed by atoms with van der Waals surface area (Å²) in [7, 11) is 1.70. The first kappa shape index (κ1) is 18.3. The molecule has 8 heteroatoms. The van der Waals surface area contributed by atoms with Crippen LogP contribution in [0.15, 0.2) is 22.6 Å². The van der Waals surface area contributed by atoms with Crippen LogP contribution in [-0.4, -0.2) is 46.6 Å². The summed E-state index contributed by atoms with van der Waals surface area (Å²) in [6.07, 6.45) is 3.17. The summed E-state index contributed by atoms with van der Waals surface area (Å²) in [5.41, 5.74) is 1.57. The second kappa shape index (κ2) is 7.86. The topological polar surface area (TPSA) is 69.2 Å². The van der Waals surface area contributed by atoms with E-state index in [1.54, 1.807) is 7.11 Å². The van der Waals surface area contributed by atoms with Crippen LogP contribution in [0.3, 0.4) is 0 Å². The third-order valence-corrected chi connectivity index (χ3v) is 5.20. The van der Waals surface area contributed by atoms with Crippen molar-refractivity contribution in [2.45, 2.75) is 32.7 Å². The Bertz CT molecular complexity index is 922. The predicted molar refractivity (Wildman–Crippen MR) is 104 cm³/mol. The van der Waals surface area contributed by atoms with Crippen LogP contribution in [0.5, 0.6) is 0 Å². The lowest BCUT2D eigenvalue weighted by atomic mass is 9.94. The minimum absolute atomic E-state index is 0.488. The standard InChI is InChI=1S/C19H24ClN5O2/c1-13-21-18(25(23-13)8-9-26-2)10-14-4-3-7-24(12-14)19-22-16-6-5-15(20)11-17(16)27-19/h5-6,11,14H,3-4,7-10,12H2,1-2H3. The van der Waals surface area contributed by atoms with Gasteiger partial charge in [0, 0.05) is 37.7 Å². The molecule has 27 heavy (non-hydrogen) atoms. The minimum Gasteiger partial charge on any atom is -0.423 e. The van der Waals surface area contributed by atoms with E-state index in [2.05, 4.69) is 20.0 Å². The molecule has 1 saturated heterocycles. The van der Waals surface area contributed by atoms with Gasteiger partial charge in [-0.15, -0.1) is 0 Å². The molecule has 0 N–H and O–H groups in total. The quantitative estimate of drug-likeness (QED) is 0.642. The lowest BCUT2D eigenvalue weighted by Crippen LogP contribution is -2.36. The first-order valence-electron chi connectivity index (χ1n) is 9.32. The van der Waals surface area contributed by atoms with Crippen LogP contribution in [0.1, 0.15) is 24.5 Å². The number of rotatable bonds is 6. The van der Waals surface area contributed by atoms with E-state index in [0.29, 0.717) is 23.6 Å². The summed E-state index contributed by atoms with van der Waals surface area (Å²) in [5.74, 6) is 2.33. The van der Waals surface area contributed by atoms with Crippen LogP contribution in [-0.2, 0) is 17.7 Å². The monoisotopic (exact) mass is 389 g/mol. The Hall–Kier alpha value is -2.12. The van der Waals surface area contributed by atoms with Crippen molar-refractivity contribution in [3.63, 3.8) is 0 Å². The van der Waals surface area contributed by atoms with E-state index in [0.717, 1.165) is 55.2 Å². The molecule has 1 unspecified atom stereocenters. The van der Waals surface area contributed by atoms with Gasteiger partial charge in [0.05, 0.1) is 13.2 Å². The van der Waals surface area contributed by atoms with Crippen molar-refractivity contribution in [2.24, 2.45) is 5.92 Å². The van der Waals surface area contributed by atoms with E-state index in [9.17, 15) is 0 Å². The van der Waals surface area contributed by atoms with Gasteiger partial charge in [-0.25, -0.2) is 9.67 Å². The number of methoxy groups -OCH3 is 1. The molecule has 3 heterocycles. The van der Waals surface area contributed by atoms with E-state index < -0.39 is 0 Å². The number of benzene rings is 1. The second-order valence-corrected chi connectivity index (χ2v) is 7.49. The van der Waals surface area contributed by atoms with Crippen LogP contribution in [0, 0.1) is 12.8 Å². The van der Waals surface area contributed by atoms with Crippen molar-refractivity contribution in [3.05, 3.63) is 34.9 Å². The number of nitrogens with zero attached hydrogens (tertiary/aromatic N) is 5. The fourth-order valence-corrected chi connectivity index (χ4v) is 3.85. The number of aromatic nitrogens is 4. The zero-order chi connectivity index (χ0) is 18.8. The van der Waals surface area contributed by atoms with Crippen molar-refractivity contribution in [1.82, 2.24) is 19.7 Å². The van der Waals surface area contributed by atoms with E-state index in [1.165, 1.54) is 6.42 Å². The number of ether oxygens (including phenoxy) is 1. The van der Waals surface area contributed by atoms with Crippen molar-refractivity contribution in [1.29, 1.82) is 0 Å². The van der Waals surface area contributed by atoms with E-state index in [4.69, 9.17) is 20.8 Å². The highest BCUT2D eigenvalue weighted by molar-refractivity contribution is 6.31. The van der Waals surface area contributed by atoms with Gasteiger partial charge in [0.2, 0.25) is 0 Å². The number of oxazole rings is 1. The summed E-state index contributed by atoms with van der Waals surface area (Å²) >= 11 is 6.05. The Morgan fingerprint density at radius 2 is 2.22 bits per heavy atom. The van der Waals surface area contributed by atoms with Gasteiger partial charge < -0.3 is 14.1 Å². The molecule has 7 nitrogen and oxygen atoms in total. The van der Waals surface area contributed by atoms with Crippen LogP contribution < -0.4 is 4.90 Å². The molecule has 1 fully saturated rings. The summed E-state index contributed by atoms with van der Waals surface area (Å²) in [4.78, 5) is 11.5. The molecule has 1 aliphatic rings. The van der Waals surface area contributed by atoms with Gasteiger partial charge in [0.1, 0.15) is 17.2 Å². The molecule has 1 aromatic carbocycles. The van der Waals surface area contributed by atoms with Crippen molar-refractivity contribution < 1.29 is 9.15 Å². The molecule has 144 valence electrons. The van der Waals surface area contributed by atoms with Gasteiger partial charge >= 0.3 is 0 Å². The Balaban J connectivity index is 1.48. The van der Waals surface area contributed by atoms with Gasteiger partial charge in [-0.3, -0.25) is 0 Å². The lowest BCUT2D eigenvalue weighted by Gasteiger charge is -2.31. The number of hydrogen-bond donors (Lipinski definition) is 0. The number of anilines is 1. The zero-order valence-corrected chi connectivity index (χ0v) is 16.4. The predicted octanol–water partition coefficient (Wildman–Crippen LogP) is 3.49. The fourth-order valence-electron chi connectivity index (χ4n) is 3.69. The summed E-state index contributed by atoms with van der Waals surface area (Å²) in [5, 5.41) is 5.16. The molecule has 0 bridgehead atoms. The maximum absolute atomic E-state index is 6.05. The Kier molecular flexibility index (Phi) is 5.31. The maximum atomic E-state index is 6.05. The average Bonchev–Trinajstić information content (AvgIpc) is 3.23. The fraction of sp³-hybridized carbons (Fsp3) is 0.526. The zero-order valence-electron chi connectivity index (χ0n) is 15.7. The van der Waals surface area contributed by atoms with Crippen molar-refractivity contribution in [3.8, 4) is 0 Å². The molecule has 3 aromatic rings. The van der Waals surface area contributed by atoms with Crippen molar-refractivity contribution in [2.75, 3.05) is 31.7 Å². The third kappa shape index (κ3) is 4.09. The first-order chi connectivity index (χ1) is 13.1. The molecule has 4 rings (SSSR count). The maximum Gasteiger partial charge on any atom is 0.298 e.